The van der Waals surface area contributed by atoms with Crippen molar-refractivity contribution in [2.24, 2.45) is 11.3 Å². The normalized spacial score (nSPS) is 21.4. The van der Waals surface area contributed by atoms with Gasteiger partial charge in [0.15, 0.2) is 0 Å². The lowest BCUT2D eigenvalue weighted by Crippen LogP contribution is -2.51. The third-order valence-corrected chi connectivity index (χ3v) is 6.39. The summed E-state index contributed by atoms with van der Waals surface area (Å²) in [7, 11) is 0. The van der Waals surface area contributed by atoms with Gasteiger partial charge in [-0.3, -0.25) is 4.79 Å². The fourth-order valence-corrected chi connectivity index (χ4v) is 4.77. The van der Waals surface area contributed by atoms with E-state index < -0.39 is 6.36 Å². The van der Waals surface area contributed by atoms with Crippen molar-refractivity contribution >= 4 is 11.6 Å². The van der Waals surface area contributed by atoms with Crippen LogP contribution in [0, 0.1) is 22.7 Å². The van der Waals surface area contributed by atoms with Gasteiger partial charge < -0.3 is 15.4 Å². The topological polar surface area (TPSA) is 74.2 Å². The molecular formula is C25H24F3N3O2. The SMILES string of the molecule is CC(C)(CNC(=O)c1ccc(OC(F)(F)F)cc1)[C@H]1Nc2ccc(C#N)cc2[C@H]2C=CC[C@H]21. The van der Waals surface area contributed by atoms with Gasteiger partial charge in [-0.1, -0.05) is 26.0 Å². The quantitative estimate of drug-likeness (QED) is 0.595. The van der Waals surface area contributed by atoms with Crippen molar-refractivity contribution in [3.8, 4) is 11.8 Å². The maximum absolute atomic E-state index is 12.6. The zero-order chi connectivity index (χ0) is 23.8. The molecule has 1 aliphatic carbocycles. The third kappa shape index (κ3) is 4.82. The number of nitrogens with zero attached hydrogens (tertiary/aromatic N) is 1. The van der Waals surface area contributed by atoms with Crippen LogP contribution in [0.2, 0.25) is 0 Å². The van der Waals surface area contributed by atoms with E-state index in [2.05, 4.69) is 47.4 Å². The van der Waals surface area contributed by atoms with Crippen LogP contribution in [-0.4, -0.2) is 24.9 Å². The monoisotopic (exact) mass is 455 g/mol. The first-order valence-electron chi connectivity index (χ1n) is 10.7. The van der Waals surface area contributed by atoms with Crippen molar-refractivity contribution in [3.63, 3.8) is 0 Å². The van der Waals surface area contributed by atoms with E-state index in [1.807, 2.05) is 12.1 Å². The predicted octanol–water partition coefficient (Wildman–Crippen LogP) is 5.37. The Balaban J connectivity index is 1.45. The van der Waals surface area contributed by atoms with E-state index in [4.69, 9.17) is 0 Å². The molecule has 2 aliphatic rings. The molecule has 0 spiro atoms. The Morgan fingerprint density at radius 2 is 1.94 bits per heavy atom. The molecular weight excluding hydrogens is 431 g/mol. The number of nitriles is 1. The lowest BCUT2D eigenvalue weighted by Gasteiger charge is -2.45. The van der Waals surface area contributed by atoms with Gasteiger partial charge in [0.05, 0.1) is 11.6 Å². The Kier molecular flexibility index (Phi) is 5.83. The number of anilines is 1. The summed E-state index contributed by atoms with van der Waals surface area (Å²) in [6.45, 7) is 4.53. The summed E-state index contributed by atoms with van der Waals surface area (Å²) in [6.07, 6.45) is 0.480. The predicted molar refractivity (Wildman–Crippen MR) is 118 cm³/mol. The van der Waals surface area contributed by atoms with E-state index in [1.165, 1.54) is 12.1 Å². The van der Waals surface area contributed by atoms with Gasteiger partial charge in [0.25, 0.3) is 5.91 Å². The maximum Gasteiger partial charge on any atom is 0.573 e. The zero-order valence-corrected chi connectivity index (χ0v) is 18.2. The van der Waals surface area contributed by atoms with Gasteiger partial charge in [0.2, 0.25) is 0 Å². The first kappa shape index (κ1) is 22.7. The average Bonchev–Trinajstić information content (AvgIpc) is 3.26. The van der Waals surface area contributed by atoms with Crippen molar-refractivity contribution in [3.05, 3.63) is 71.3 Å². The Morgan fingerprint density at radius 1 is 1.21 bits per heavy atom. The van der Waals surface area contributed by atoms with E-state index >= 15 is 0 Å². The molecule has 3 atom stereocenters. The Bertz CT molecular complexity index is 1120. The van der Waals surface area contributed by atoms with Crippen LogP contribution in [-0.2, 0) is 0 Å². The minimum atomic E-state index is -4.78. The summed E-state index contributed by atoms with van der Waals surface area (Å²) >= 11 is 0. The van der Waals surface area contributed by atoms with Crippen LogP contribution in [0.15, 0.2) is 54.6 Å². The second kappa shape index (κ2) is 8.47. The molecule has 2 aromatic rings. The number of nitrogens with one attached hydrogen (secondary N) is 2. The summed E-state index contributed by atoms with van der Waals surface area (Å²) < 4.78 is 40.8. The standard InChI is InChI=1S/C25H24F3N3O2/c1-24(2,14-30-23(32)16-7-9-17(10-8-16)33-25(26,27)28)22-19-5-3-4-18(19)20-12-15(13-29)6-11-21(20)31-22/h3-4,6-12,18-19,22,31H,5,14H2,1-2H3,(H,30,32)/t18-,19+,22-/m0/s1. The summed E-state index contributed by atoms with van der Waals surface area (Å²) in [5.41, 5.74) is 2.67. The number of halogens is 3. The largest absolute Gasteiger partial charge is 0.573 e. The molecule has 2 aromatic carbocycles. The number of ether oxygens (including phenoxy) is 1. The molecule has 2 N–H and O–H groups in total. The summed E-state index contributed by atoms with van der Waals surface area (Å²) in [4.78, 5) is 12.6. The van der Waals surface area contributed by atoms with E-state index in [1.54, 1.807) is 6.07 Å². The van der Waals surface area contributed by atoms with E-state index in [0.29, 0.717) is 12.1 Å². The molecule has 33 heavy (non-hydrogen) atoms. The van der Waals surface area contributed by atoms with E-state index in [9.17, 15) is 23.2 Å². The Hall–Kier alpha value is -3.47. The summed E-state index contributed by atoms with van der Waals surface area (Å²) in [6, 6.07) is 12.8. The molecule has 1 heterocycles. The number of hydrogen-bond acceptors (Lipinski definition) is 4. The Morgan fingerprint density at radius 3 is 2.61 bits per heavy atom. The van der Waals surface area contributed by atoms with E-state index in [0.717, 1.165) is 29.8 Å². The molecule has 5 nitrogen and oxygen atoms in total. The van der Waals surface area contributed by atoms with E-state index in [-0.39, 0.29) is 40.5 Å². The molecule has 0 saturated heterocycles. The zero-order valence-electron chi connectivity index (χ0n) is 18.2. The molecule has 0 unspecified atom stereocenters. The number of carbonyl (C=O) groups excluding carboxylic acids is 1. The lowest BCUT2D eigenvalue weighted by atomic mass is 9.69. The minimum Gasteiger partial charge on any atom is -0.406 e. The van der Waals surface area contributed by atoms with Crippen LogP contribution in [0.3, 0.4) is 0 Å². The molecule has 1 amide bonds. The highest BCUT2D eigenvalue weighted by Gasteiger charge is 2.44. The number of rotatable bonds is 5. The number of alkyl halides is 3. The van der Waals surface area contributed by atoms with Crippen LogP contribution in [0.1, 0.15) is 47.7 Å². The second-order valence-corrected chi connectivity index (χ2v) is 9.13. The molecule has 0 radical (unpaired) electrons. The molecule has 0 bridgehead atoms. The Labute approximate surface area is 190 Å². The molecule has 0 aromatic heterocycles. The highest BCUT2D eigenvalue weighted by atomic mass is 19.4. The smallest absolute Gasteiger partial charge is 0.406 e. The first-order valence-corrected chi connectivity index (χ1v) is 10.7. The average molecular weight is 455 g/mol. The van der Waals surface area contributed by atoms with Crippen molar-refractivity contribution in [1.29, 1.82) is 5.26 Å². The fraction of sp³-hybridized carbons (Fsp3) is 0.360. The van der Waals surface area contributed by atoms with Gasteiger partial charge in [-0.2, -0.15) is 5.26 Å². The highest BCUT2D eigenvalue weighted by Crippen LogP contribution is 2.48. The number of allylic oxidation sites excluding steroid dienone is 2. The van der Waals surface area contributed by atoms with Gasteiger partial charge in [-0.25, -0.2) is 0 Å². The van der Waals surface area contributed by atoms with Crippen LogP contribution in [0.5, 0.6) is 5.75 Å². The molecule has 8 heteroatoms. The van der Waals surface area contributed by atoms with Gasteiger partial charge >= 0.3 is 6.36 Å². The van der Waals surface area contributed by atoms with Crippen molar-refractivity contribution < 1.29 is 22.7 Å². The van der Waals surface area contributed by atoms with Gasteiger partial charge in [0.1, 0.15) is 5.75 Å². The number of amides is 1. The van der Waals surface area contributed by atoms with Crippen molar-refractivity contribution in [1.82, 2.24) is 5.32 Å². The molecule has 1 aliphatic heterocycles. The second-order valence-electron chi connectivity index (χ2n) is 9.13. The molecule has 0 saturated carbocycles. The number of benzene rings is 2. The van der Waals surface area contributed by atoms with Crippen LogP contribution in [0.25, 0.3) is 0 Å². The number of carbonyl (C=O) groups is 1. The highest BCUT2D eigenvalue weighted by molar-refractivity contribution is 5.94. The first-order chi connectivity index (χ1) is 15.6. The van der Waals surface area contributed by atoms with Crippen molar-refractivity contribution in [2.75, 3.05) is 11.9 Å². The summed E-state index contributed by atoms with van der Waals surface area (Å²) in [5, 5.41) is 15.8. The number of fused-ring (bicyclic) bond motifs is 3. The molecule has 172 valence electrons. The minimum absolute atomic E-state index is 0.0702. The molecule has 0 fully saturated rings. The summed E-state index contributed by atoms with van der Waals surface area (Å²) in [5.74, 6) is -0.241. The van der Waals surface area contributed by atoms with Crippen LogP contribution in [0.4, 0.5) is 18.9 Å². The van der Waals surface area contributed by atoms with Crippen LogP contribution >= 0.6 is 0 Å². The van der Waals surface area contributed by atoms with Crippen molar-refractivity contribution in [2.45, 2.75) is 38.6 Å². The van der Waals surface area contributed by atoms with Gasteiger partial charge in [0, 0.05) is 35.2 Å². The molecule has 4 rings (SSSR count). The maximum atomic E-state index is 12.6. The fourth-order valence-electron chi connectivity index (χ4n) is 4.77. The number of hydrogen-bond donors (Lipinski definition) is 2. The van der Waals surface area contributed by atoms with Gasteiger partial charge in [-0.05, 0) is 60.4 Å². The third-order valence-electron chi connectivity index (χ3n) is 6.39. The van der Waals surface area contributed by atoms with Crippen LogP contribution < -0.4 is 15.4 Å². The van der Waals surface area contributed by atoms with Gasteiger partial charge in [-0.15, -0.1) is 13.2 Å². The lowest BCUT2D eigenvalue weighted by molar-refractivity contribution is -0.274.